The maximum Gasteiger partial charge on any atom is 0.230 e. The van der Waals surface area contributed by atoms with Gasteiger partial charge in [-0.25, -0.2) is 0 Å². The molecule has 1 aliphatic rings. The van der Waals surface area contributed by atoms with E-state index < -0.39 is 0 Å². The third-order valence-corrected chi connectivity index (χ3v) is 4.39. The summed E-state index contributed by atoms with van der Waals surface area (Å²) in [5.74, 6) is 0.991. The number of thiophene rings is 1. The van der Waals surface area contributed by atoms with Crippen molar-refractivity contribution < 1.29 is 9.59 Å². The second-order valence-corrected chi connectivity index (χ2v) is 6.23. The Balaban J connectivity index is 1.79. The number of rotatable bonds is 3. The highest BCUT2D eigenvalue weighted by molar-refractivity contribution is 7.10. The summed E-state index contributed by atoms with van der Waals surface area (Å²) in [6.45, 7) is 1.86. The molecule has 3 heterocycles. The van der Waals surface area contributed by atoms with Crippen molar-refractivity contribution in [1.82, 2.24) is 9.78 Å². The van der Waals surface area contributed by atoms with Crippen LogP contribution in [-0.4, -0.2) is 21.6 Å². The Kier molecular flexibility index (Phi) is 3.50. The van der Waals surface area contributed by atoms with Gasteiger partial charge in [0.15, 0.2) is 5.82 Å². The number of carbonyl (C=O) groups is 2. The average molecular weight is 304 g/mol. The Morgan fingerprint density at radius 2 is 2.43 bits per heavy atom. The number of amides is 2. The molecule has 0 fully saturated rings. The van der Waals surface area contributed by atoms with Crippen LogP contribution in [0.1, 0.15) is 17.4 Å². The van der Waals surface area contributed by atoms with Crippen molar-refractivity contribution in [3.63, 3.8) is 0 Å². The molecule has 0 saturated heterocycles. The fraction of sp³-hybridized carbons (Fsp3) is 0.357. The Morgan fingerprint density at radius 1 is 1.62 bits per heavy atom. The van der Waals surface area contributed by atoms with Crippen LogP contribution in [-0.2, 0) is 29.5 Å². The fourth-order valence-corrected chi connectivity index (χ4v) is 3.11. The van der Waals surface area contributed by atoms with Gasteiger partial charge in [0, 0.05) is 23.4 Å². The van der Waals surface area contributed by atoms with Crippen LogP contribution in [0, 0.1) is 5.92 Å². The second kappa shape index (κ2) is 5.33. The van der Waals surface area contributed by atoms with Gasteiger partial charge >= 0.3 is 0 Å². The Bertz CT molecular complexity index is 690. The molecule has 0 unspecified atom stereocenters. The highest BCUT2D eigenvalue weighted by Crippen LogP contribution is 2.31. The molecule has 6 nitrogen and oxygen atoms in total. The predicted octanol–water partition coefficient (Wildman–Crippen LogP) is 1.79. The van der Waals surface area contributed by atoms with E-state index in [1.165, 1.54) is 0 Å². The molecule has 7 heteroatoms. The van der Waals surface area contributed by atoms with Crippen LogP contribution in [0.5, 0.6) is 0 Å². The van der Waals surface area contributed by atoms with Crippen molar-refractivity contribution in [3.8, 4) is 0 Å². The molecule has 1 aliphatic heterocycles. The molecule has 110 valence electrons. The van der Waals surface area contributed by atoms with Crippen LogP contribution >= 0.6 is 11.3 Å². The third kappa shape index (κ3) is 2.69. The molecule has 2 N–H and O–H groups in total. The molecule has 2 aromatic rings. The molecule has 0 saturated carbocycles. The summed E-state index contributed by atoms with van der Waals surface area (Å²) in [6.07, 6.45) is 0.925. The Morgan fingerprint density at radius 3 is 3.14 bits per heavy atom. The van der Waals surface area contributed by atoms with Crippen LogP contribution in [0.4, 0.5) is 11.6 Å². The first-order chi connectivity index (χ1) is 10.0. The summed E-state index contributed by atoms with van der Waals surface area (Å²) in [5, 5.41) is 11.9. The van der Waals surface area contributed by atoms with Gasteiger partial charge in [-0.1, -0.05) is 13.0 Å². The number of hydrogen-bond donors (Lipinski definition) is 2. The number of aromatic nitrogens is 2. The quantitative estimate of drug-likeness (QED) is 0.907. The lowest BCUT2D eigenvalue weighted by molar-refractivity contribution is -0.119. The van der Waals surface area contributed by atoms with E-state index in [1.54, 1.807) is 23.1 Å². The minimum absolute atomic E-state index is 0.0121. The average Bonchev–Trinajstić information content (AvgIpc) is 3.01. The van der Waals surface area contributed by atoms with Gasteiger partial charge < -0.3 is 10.6 Å². The smallest absolute Gasteiger partial charge is 0.230 e. The summed E-state index contributed by atoms with van der Waals surface area (Å²) >= 11 is 1.55. The van der Waals surface area contributed by atoms with E-state index in [2.05, 4.69) is 15.7 Å². The van der Waals surface area contributed by atoms with Gasteiger partial charge in [0.1, 0.15) is 5.82 Å². The van der Waals surface area contributed by atoms with Crippen LogP contribution in [0.25, 0.3) is 0 Å². The fourth-order valence-electron chi connectivity index (χ4n) is 2.40. The van der Waals surface area contributed by atoms with E-state index >= 15 is 0 Å². The normalized spacial score (nSPS) is 17.2. The first kappa shape index (κ1) is 13.8. The second-order valence-electron chi connectivity index (χ2n) is 5.20. The van der Waals surface area contributed by atoms with E-state index in [9.17, 15) is 9.59 Å². The summed E-state index contributed by atoms with van der Waals surface area (Å²) < 4.78 is 1.60. The zero-order valence-corrected chi connectivity index (χ0v) is 12.7. The predicted molar refractivity (Wildman–Crippen MR) is 81.4 cm³/mol. The summed E-state index contributed by atoms with van der Waals surface area (Å²) in [4.78, 5) is 24.8. The molecule has 0 aromatic carbocycles. The van der Waals surface area contributed by atoms with Crippen molar-refractivity contribution in [2.45, 2.75) is 19.8 Å². The number of nitrogens with zero attached hydrogens (tertiary/aromatic N) is 2. The number of anilines is 2. The Labute approximate surface area is 126 Å². The summed E-state index contributed by atoms with van der Waals surface area (Å²) in [7, 11) is 1.75. The van der Waals surface area contributed by atoms with Crippen LogP contribution < -0.4 is 10.6 Å². The third-order valence-electron chi connectivity index (χ3n) is 3.52. The summed E-state index contributed by atoms with van der Waals surface area (Å²) in [6, 6.07) is 3.85. The van der Waals surface area contributed by atoms with Crippen molar-refractivity contribution in [3.05, 3.63) is 28.0 Å². The molecule has 21 heavy (non-hydrogen) atoms. The number of carbonyl (C=O) groups excluding carboxylic acids is 2. The highest BCUT2D eigenvalue weighted by Gasteiger charge is 2.29. The zero-order chi connectivity index (χ0) is 15.0. The largest absolute Gasteiger partial charge is 0.310 e. The van der Waals surface area contributed by atoms with E-state index in [0.29, 0.717) is 24.5 Å². The molecular weight excluding hydrogens is 288 g/mol. The number of hydrogen-bond acceptors (Lipinski definition) is 4. The monoisotopic (exact) mass is 304 g/mol. The van der Waals surface area contributed by atoms with Gasteiger partial charge in [-0.3, -0.25) is 14.3 Å². The molecular formula is C14H16N4O2S. The van der Waals surface area contributed by atoms with Crippen molar-refractivity contribution in [2.75, 3.05) is 10.6 Å². The molecule has 0 radical (unpaired) electrons. The van der Waals surface area contributed by atoms with Crippen molar-refractivity contribution >= 4 is 34.8 Å². The lowest BCUT2D eigenvalue weighted by Crippen LogP contribution is -2.28. The number of fused-ring (bicyclic) bond motifs is 1. The molecule has 2 aromatic heterocycles. The van der Waals surface area contributed by atoms with Crippen molar-refractivity contribution in [1.29, 1.82) is 0 Å². The van der Waals surface area contributed by atoms with Crippen LogP contribution in [0.15, 0.2) is 17.5 Å². The maximum absolute atomic E-state index is 12.1. The van der Waals surface area contributed by atoms with Gasteiger partial charge in [0.05, 0.1) is 6.42 Å². The lowest BCUT2D eigenvalue weighted by Gasteiger charge is -2.19. The van der Waals surface area contributed by atoms with Gasteiger partial charge in [-0.15, -0.1) is 11.3 Å². The molecule has 2 amide bonds. The molecule has 3 rings (SSSR count). The topological polar surface area (TPSA) is 76.0 Å². The van der Waals surface area contributed by atoms with Crippen molar-refractivity contribution in [2.24, 2.45) is 13.0 Å². The van der Waals surface area contributed by atoms with E-state index in [-0.39, 0.29) is 17.7 Å². The SMILES string of the molecule is C[C@@H]1Cc2c(NC(=O)Cc3cccs3)nn(C)c2NC1=O. The maximum atomic E-state index is 12.1. The summed E-state index contributed by atoms with van der Waals surface area (Å²) in [5.41, 5.74) is 0.893. The first-order valence-corrected chi connectivity index (χ1v) is 7.61. The standard InChI is InChI=1S/C14H16N4O2S/c1-8-6-10-12(17-18(2)13(10)16-14(8)20)15-11(19)7-9-4-3-5-21-9/h3-5,8H,6-7H2,1-2H3,(H,16,20)(H,15,17,19)/t8-/m1/s1. The lowest BCUT2D eigenvalue weighted by atomic mass is 9.98. The number of nitrogens with one attached hydrogen (secondary N) is 2. The number of aryl methyl sites for hydroxylation is 1. The minimum Gasteiger partial charge on any atom is -0.310 e. The van der Waals surface area contributed by atoms with Gasteiger partial charge in [0.2, 0.25) is 11.8 Å². The van der Waals surface area contributed by atoms with Crippen LogP contribution in [0.2, 0.25) is 0 Å². The molecule has 1 atom stereocenters. The highest BCUT2D eigenvalue weighted by atomic mass is 32.1. The Hall–Kier alpha value is -2.15. The van der Waals surface area contributed by atoms with Crippen LogP contribution in [0.3, 0.4) is 0 Å². The molecule has 0 spiro atoms. The van der Waals surface area contributed by atoms with E-state index in [4.69, 9.17) is 0 Å². The van der Waals surface area contributed by atoms with Gasteiger partial charge in [-0.05, 0) is 17.9 Å². The first-order valence-electron chi connectivity index (χ1n) is 6.73. The van der Waals surface area contributed by atoms with E-state index in [0.717, 1.165) is 10.4 Å². The minimum atomic E-state index is -0.116. The zero-order valence-electron chi connectivity index (χ0n) is 11.8. The van der Waals surface area contributed by atoms with Gasteiger partial charge in [0.25, 0.3) is 0 Å². The van der Waals surface area contributed by atoms with Gasteiger partial charge in [-0.2, -0.15) is 5.10 Å². The molecule has 0 bridgehead atoms. The van der Waals surface area contributed by atoms with E-state index in [1.807, 2.05) is 24.4 Å². The molecule has 0 aliphatic carbocycles.